The quantitative estimate of drug-likeness (QED) is 0.190. The molecule has 0 aliphatic heterocycles. The fourth-order valence-corrected chi connectivity index (χ4v) is 5.67. The first-order chi connectivity index (χ1) is 15.9. The summed E-state index contributed by atoms with van der Waals surface area (Å²) in [5, 5.41) is 6.51. The molecule has 0 saturated carbocycles. The Morgan fingerprint density at radius 1 is 0.576 bits per heavy atom. The summed E-state index contributed by atoms with van der Waals surface area (Å²) in [6.07, 6.45) is 2.83. The monoisotopic (exact) mass is 427 g/mol. The van der Waals surface area contributed by atoms with Crippen molar-refractivity contribution in [3.63, 3.8) is 0 Å². The van der Waals surface area contributed by atoms with Gasteiger partial charge in [0.25, 0.3) is 0 Å². The first-order valence-electron chi connectivity index (χ1n) is 11.3. The highest BCUT2D eigenvalue weighted by molar-refractivity contribution is 6.36. The molecule has 0 atom stereocenters. The lowest BCUT2D eigenvalue weighted by Gasteiger charge is -2.23. The van der Waals surface area contributed by atoms with Gasteiger partial charge in [-0.05, 0) is 46.0 Å². The van der Waals surface area contributed by atoms with E-state index >= 15 is 0 Å². The molecule has 0 radical (unpaired) electrons. The number of carbonyl (C=O) groups is 2. The molecule has 1 aliphatic rings. The second-order valence-electron chi connectivity index (χ2n) is 10.1. The zero-order chi connectivity index (χ0) is 22.6. The summed E-state index contributed by atoms with van der Waals surface area (Å²) in [5.74, 6) is -0.213. The molecule has 1 aliphatic carbocycles. The lowest BCUT2D eigenvalue weighted by Crippen LogP contribution is -2.11. The third kappa shape index (κ3) is 2.19. The van der Waals surface area contributed by atoms with Crippen LogP contribution in [0.4, 0.5) is 0 Å². The molecule has 0 unspecified atom stereocenters. The first kappa shape index (κ1) is 18.6. The van der Waals surface area contributed by atoms with E-state index in [1.54, 1.807) is 0 Å². The molecule has 3 heteroatoms. The number of hydrogen-bond donors (Lipinski definition) is 0. The number of hydrogen-bond acceptors (Lipinski definition) is 2. The maximum absolute atomic E-state index is 13.2. The molecule has 0 bridgehead atoms. The minimum atomic E-state index is -0.106. The lowest BCUT2D eigenvalue weighted by atomic mass is 9.84. The van der Waals surface area contributed by atoms with Crippen LogP contribution < -0.4 is 0 Å². The molecule has 0 saturated heterocycles. The second kappa shape index (κ2) is 5.87. The van der Waals surface area contributed by atoms with Gasteiger partial charge in [0.05, 0.1) is 27.7 Å². The minimum Gasteiger partial charge on any atom is -0.306 e. The van der Waals surface area contributed by atoms with E-state index in [0.29, 0.717) is 11.1 Å². The summed E-state index contributed by atoms with van der Waals surface area (Å²) >= 11 is 0. The zero-order valence-corrected chi connectivity index (χ0v) is 18.7. The molecule has 0 amide bonds. The van der Waals surface area contributed by atoms with Crippen LogP contribution in [0.3, 0.4) is 0 Å². The first-order valence-corrected chi connectivity index (χ1v) is 11.3. The van der Waals surface area contributed by atoms with Crippen molar-refractivity contribution in [2.24, 2.45) is 0 Å². The van der Waals surface area contributed by atoms with Crippen molar-refractivity contribution < 1.29 is 9.59 Å². The van der Waals surface area contributed by atoms with E-state index in [2.05, 4.69) is 61.6 Å². The van der Waals surface area contributed by atoms with Crippen LogP contribution in [0.15, 0.2) is 72.8 Å². The van der Waals surface area contributed by atoms with Crippen molar-refractivity contribution in [2.45, 2.75) is 26.2 Å². The van der Waals surface area contributed by atoms with E-state index in [0.717, 1.165) is 48.9 Å². The van der Waals surface area contributed by atoms with Gasteiger partial charge in [-0.25, -0.2) is 0 Å². The summed E-state index contributed by atoms with van der Waals surface area (Å²) in [6.45, 7) is 6.71. The molecular formula is C30H21NO2. The fourth-order valence-electron chi connectivity index (χ4n) is 5.67. The number of fused-ring (bicyclic) bond motifs is 9. The van der Waals surface area contributed by atoms with Gasteiger partial charge in [0.15, 0.2) is 11.6 Å². The molecule has 7 rings (SSSR count). The molecule has 3 aromatic carbocycles. The lowest BCUT2D eigenvalue weighted by molar-refractivity contribution is 0.0997. The zero-order valence-electron chi connectivity index (χ0n) is 18.7. The number of rotatable bonds is 0. The number of pyridine rings is 2. The van der Waals surface area contributed by atoms with E-state index in [-0.39, 0.29) is 17.0 Å². The average molecular weight is 428 g/mol. The van der Waals surface area contributed by atoms with E-state index in [4.69, 9.17) is 0 Å². The van der Waals surface area contributed by atoms with Gasteiger partial charge >= 0.3 is 0 Å². The third-order valence-electron chi connectivity index (χ3n) is 7.19. The van der Waals surface area contributed by atoms with Crippen molar-refractivity contribution in [3.8, 4) is 0 Å². The number of benzene rings is 3. The van der Waals surface area contributed by atoms with Crippen LogP contribution in [0.25, 0.3) is 48.9 Å². The van der Waals surface area contributed by atoms with Crippen molar-refractivity contribution in [1.82, 2.24) is 4.40 Å². The standard InChI is InChI=1S/C30H21NO2/c1-30(2,3)16-14-21-17-8-4-6-10-19(17)28-25-23(32)12-13-24(33)26(25)29-20-11-7-5-9-18(20)22(15-16)27(21)31(28)29/h4-15H,1-3H3. The van der Waals surface area contributed by atoms with E-state index in [1.165, 1.54) is 17.7 Å². The number of nitrogens with zero attached hydrogens (tertiary/aromatic N) is 1. The maximum atomic E-state index is 13.2. The van der Waals surface area contributed by atoms with Crippen LogP contribution in [-0.2, 0) is 5.41 Å². The molecule has 3 aromatic heterocycles. The molecule has 158 valence electrons. The Labute approximate surface area is 190 Å². The predicted octanol–water partition coefficient (Wildman–Crippen LogP) is 7.22. The number of aromatic nitrogens is 1. The smallest absolute Gasteiger partial charge is 0.188 e. The largest absolute Gasteiger partial charge is 0.306 e. The number of carbonyl (C=O) groups excluding carboxylic acids is 2. The normalized spacial score (nSPS) is 14.5. The van der Waals surface area contributed by atoms with Crippen molar-refractivity contribution >= 4 is 60.4 Å². The Balaban J connectivity index is 1.94. The van der Waals surface area contributed by atoms with Gasteiger partial charge in [0, 0.05) is 21.5 Å². The molecule has 0 spiro atoms. The summed E-state index contributed by atoms with van der Waals surface area (Å²) < 4.78 is 2.19. The number of ketones is 2. The van der Waals surface area contributed by atoms with Gasteiger partial charge in [0.2, 0.25) is 0 Å². The Morgan fingerprint density at radius 3 is 1.42 bits per heavy atom. The van der Waals surface area contributed by atoms with Crippen LogP contribution in [0.2, 0.25) is 0 Å². The molecule has 3 heterocycles. The van der Waals surface area contributed by atoms with Gasteiger partial charge in [-0.1, -0.05) is 69.3 Å². The van der Waals surface area contributed by atoms with Crippen LogP contribution >= 0.6 is 0 Å². The highest BCUT2D eigenvalue weighted by atomic mass is 16.1. The van der Waals surface area contributed by atoms with Crippen molar-refractivity contribution in [2.75, 3.05) is 0 Å². The predicted molar refractivity (Wildman–Crippen MR) is 135 cm³/mol. The average Bonchev–Trinajstić information content (AvgIpc) is 3.18. The molecule has 0 N–H and O–H groups in total. The van der Waals surface area contributed by atoms with E-state index in [9.17, 15) is 9.59 Å². The molecule has 0 fully saturated rings. The molecular weight excluding hydrogens is 406 g/mol. The van der Waals surface area contributed by atoms with Crippen LogP contribution in [0.5, 0.6) is 0 Å². The highest BCUT2D eigenvalue weighted by Gasteiger charge is 2.32. The topological polar surface area (TPSA) is 38.5 Å². The molecule has 3 nitrogen and oxygen atoms in total. The number of allylic oxidation sites excluding steroid dienone is 2. The van der Waals surface area contributed by atoms with Gasteiger partial charge < -0.3 is 4.40 Å². The Morgan fingerprint density at radius 2 is 1.00 bits per heavy atom. The second-order valence-corrected chi connectivity index (χ2v) is 10.1. The van der Waals surface area contributed by atoms with E-state index < -0.39 is 0 Å². The van der Waals surface area contributed by atoms with Crippen molar-refractivity contribution in [1.29, 1.82) is 0 Å². The maximum Gasteiger partial charge on any atom is 0.188 e. The fraction of sp³-hybridized carbons (Fsp3) is 0.133. The van der Waals surface area contributed by atoms with Crippen molar-refractivity contribution in [3.05, 3.63) is 89.5 Å². The van der Waals surface area contributed by atoms with Crippen LogP contribution in [0, 0.1) is 0 Å². The Hall–Kier alpha value is -3.98. The third-order valence-corrected chi connectivity index (χ3v) is 7.19. The summed E-state index contributed by atoms with van der Waals surface area (Å²) in [6, 6.07) is 21.1. The SMILES string of the molecule is CC(C)(C)c1cc2c3ccccc3c3c4c(c5c6ccccc6c(c1)c2n35)C(=O)C=CC4=O. The summed E-state index contributed by atoms with van der Waals surface area (Å²) in [7, 11) is 0. The van der Waals surface area contributed by atoms with Gasteiger partial charge in [0.1, 0.15) is 0 Å². The minimum absolute atomic E-state index is 0.0260. The Bertz CT molecular complexity index is 1750. The molecule has 6 aromatic rings. The molecule has 33 heavy (non-hydrogen) atoms. The van der Waals surface area contributed by atoms with Crippen LogP contribution in [0.1, 0.15) is 47.1 Å². The van der Waals surface area contributed by atoms with Gasteiger partial charge in [-0.3, -0.25) is 9.59 Å². The van der Waals surface area contributed by atoms with E-state index in [1.807, 2.05) is 24.3 Å². The van der Waals surface area contributed by atoms with Gasteiger partial charge in [-0.15, -0.1) is 0 Å². The summed E-state index contributed by atoms with van der Waals surface area (Å²) in [5.41, 5.74) is 5.03. The van der Waals surface area contributed by atoms with Crippen LogP contribution in [-0.4, -0.2) is 16.0 Å². The van der Waals surface area contributed by atoms with Gasteiger partial charge in [-0.2, -0.15) is 0 Å². The Kier molecular flexibility index (Phi) is 3.31. The summed E-state index contributed by atoms with van der Waals surface area (Å²) in [4.78, 5) is 26.4. The highest BCUT2D eigenvalue weighted by Crippen LogP contribution is 2.45.